The highest BCUT2D eigenvalue weighted by Crippen LogP contribution is 2.15. The van der Waals surface area contributed by atoms with Crippen LogP contribution in [0.2, 0.25) is 0 Å². The molecule has 0 bridgehead atoms. The Morgan fingerprint density at radius 2 is 1.75 bits per heavy atom. The summed E-state index contributed by atoms with van der Waals surface area (Å²) in [5.74, 6) is -0.351. The van der Waals surface area contributed by atoms with Crippen molar-refractivity contribution >= 4 is 12.6 Å². The molecule has 0 spiro atoms. The summed E-state index contributed by atoms with van der Waals surface area (Å²) in [6, 6.07) is 9.05. The second-order valence-electron chi connectivity index (χ2n) is 3.35. The first-order valence-electron chi connectivity index (χ1n) is 4.75. The number of hydrogen-bond acceptors (Lipinski definition) is 3. The van der Waals surface area contributed by atoms with Crippen LogP contribution in [-0.4, -0.2) is 22.2 Å². The van der Waals surface area contributed by atoms with Crippen LogP contribution in [0, 0.1) is 5.82 Å². The Bertz CT molecular complexity index is 488. The molecule has 1 aromatic heterocycles. The first-order chi connectivity index (χ1) is 7.66. The molecule has 0 unspecified atom stereocenters. The van der Waals surface area contributed by atoms with E-state index in [1.807, 2.05) is 0 Å². The van der Waals surface area contributed by atoms with Crippen molar-refractivity contribution in [1.29, 1.82) is 0 Å². The van der Waals surface area contributed by atoms with Gasteiger partial charge in [0, 0.05) is 17.8 Å². The molecule has 0 atom stereocenters. The highest BCUT2D eigenvalue weighted by molar-refractivity contribution is 6.58. The van der Waals surface area contributed by atoms with Crippen molar-refractivity contribution < 1.29 is 14.4 Å². The Labute approximate surface area is 92.4 Å². The average Bonchev–Trinajstić information content (AvgIpc) is 2.29. The van der Waals surface area contributed by atoms with Gasteiger partial charge in [-0.15, -0.1) is 0 Å². The van der Waals surface area contributed by atoms with Crippen LogP contribution in [-0.2, 0) is 0 Å². The number of nitrogens with zero attached hydrogens (tertiary/aromatic N) is 1. The SMILES string of the molecule is OB(O)c1ccc(-c2cc(F)ccn2)cc1. The lowest BCUT2D eigenvalue weighted by Crippen LogP contribution is -2.29. The van der Waals surface area contributed by atoms with Gasteiger partial charge in [-0.25, -0.2) is 4.39 Å². The summed E-state index contributed by atoms with van der Waals surface area (Å²) in [6.07, 6.45) is 1.39. The normalized spacial score (nSPS) is 10.2. The molecule has 1 heterocycles. The van der Waals surface area contributed by atoms with Crippen molar-refractivity contribution in [2.24, 2.45) is 0 Å². The van der Waals surface area contributed by atoms with Gasteiger partial charge < -0.3 is 10.0 Å². The van der Waals surface area contributed by atoms with Gasteiger partial charge in [0.1, 0.15) is 5.82 Å². The van der Waals surface area contributed by atoms with Gasteiger partial charge in [-0.3, -0.25) is 4.98 Å². The molecule has 0 amide bonds. The minimum absolute atomic E-state index is 0.351. The third-order valence-electron chi connectivity index (χ3n) is 2.23. The van der Waals surface area contributed by atoms with Crippen molar-refractivity contribution in [1.82, 2.24) is 4.98 Å². The van der Waals surface area contributed by atoms with Gasteiger partial charge in [-0.2, -0.15) is 0 Å². The molecule has 0 saturated carbocycles. The van der Waals surface area contributed by atoms with Crippen LogP contribution in [0.3, 0.4) is 0 Å². The van der Waals surface area contributed by atoms with Gasteiger partial charge in [0.15, 0.2) is 0 Å². The molecule has 0 fully saturated rings. The molecule has 0 aliphatic carbocycles. The lowest BCUT2D eigenvalue weighted by molar-refractivity contribution is 0.426. The first kappa shape index (κ1) is 10.8. The number of rotatable bonds is 2. The monoisotopic (exact) mass is 217 g/mol. The Balaban J connectivity index is 2.35. The highest BCUT2D eigenvalue weighted by atomic mass is 19.1. The van der Waals surface area contributed by atoms with Crippen molar-refractivity contribution in [3.05, 3.63) is 48.4 Å². The molecule has 0 aliphatic rings. The topological polar surface area (TPSA) is 53.4 Å². The number of aromatic nitrogens is 1. The fourth-order valence-electron chi connectivity index (χ4n) is 1.39. The zero-order valence-electron chi connectivity index (χ0n) is 8.34. The molecule has 0 saturated heterocycles. The smallest absolute Gasteiger partial charge is 0.423 e. The molecule has 3 nitrogen and oxygen atoms in total. The van der Waals surface area contributed by atoms with Crippen LogP contribution in [0.5, 0.6) is 0 Å². The van der Waals surface area contributed by atoms with E-state index in [9.17, 15) is 4.39 Å². The Hall–Kier alpha value is -1.72. The number of hydrogen-bond donors (Lipinski definition) is 2. The summed E-state index contributed by atoms with van der Waals surface area (Å²) in [4.78, 5) is 4.02. The molecule has 1 aromatic carbocycles. The second kappa shape index (κ2) is 4.43. The average molecular weight is 217 g/mol. The van der Waals surface area contributed by atoms with E-state index in [4.69, 9.17) is 10.0 Å². The summed E-state index contributed by atoms with van der Waals surface area (Å²) < 4.78 is 12.9. The van der Waals surface area contributed by atoms with Crippen LogP contribution in [0.15, 0.2) is 42.6 Å². The van der Waals surface area contributed by atoms with Crippen LogP contribution < -0.4 is 5.46 Å². The highest BCUT2D eigenvalue weighted by Gasteiger charge is 2.10. The fraction of sp³-hybridized carbons (Fsp3) is 0. The predicted molar refractivity (Wildman–Crippen MR) is 59.5 cm³/mol. The van der Waals surface area contributed by atoms with Crippen molar-refractivity contribution in [3.8, 4) is 11.3 Å². The number of pyridine rings is 1. The van der Waals surface area contributed by atoms with Gasteiger partial charge in [-0.1, -0.05) is 24.3 Å². The Morgan fingerprint density at radius 1 is 1.06 bits per heavy atom. The van der Waals surface area contributed by atoms with E-state index in [0.29, 0.717) is 11.2 Å². The molecule has 80 valence electrons. The number of benzene rings is 1. The number of halogens is 1. The minimum atomic E-state index is -1.49. The van der Waals surface area contributed by atoms with E-state index < -0.39 is 7.12 Å². The van der Waals surface area contributed by atoms with Crippen molar-refractivity contribution in [2.45, 2.75) is 0 Å². The van der Waals surface area contributed by atoms with Gasteiger partial charge in [0.2, 0.25) is 0 Å². The maximum absolute atomic E-state index is 12.9. The summed E-state index contributed by atoms with van der Waals surface area (Å²) in [6.45, 7) is 0. The largest absolute Gasteiger partial charge is 0.488 e. The third-order valence-corrected chi connectivity index (χ3v) is 2.23. The zero-order valence-corrected chi connectivity index (χ0v) is 8.34. The van der Waals surface area contributed by atoms with Crippen LogP contribution in [0.4, 0.5) is 4.39 Å². The van der Waals surface area contributed by atoms with Crippen LogP contribution in [0.1, 0.15) is 0 Å². The molecular formula is C11H9BFNO2. The Morgan fingerprint density at radius 3 is 2.31 bits per heavy atom. The van der Waals surface area contributed by atoms with E-state index in [-0.39, 0.29) is 5.82 Å². The van der Waals surface area contributed by atoms with Crippen molar-refractivity contribution in [2.75, 3.05) is 0 Å². The van der Waals surface area contributed by atoms with Gasteiger partial charge in [0.25, 0.3) is 0 Å². The van der Waals surface area contributed by atoms with E-state index in [2.05, 4.69) is 4.98 Å². The predicted octanol–water partition coefficient (Wildman–Crippen LogP) is 0.567. The molecule has 16 heavy (non-hydrogen) atoms. The standard InChI is InChI=1S/C11H9BFNO2/c13-10-5-6-14-11(7-10)8-1-3-9(4-2-8)12(15)16/h1-7,15-16H. The molecule has 5 heteroatoms. The summed E-state index contributed by atoms with van der Waals surface area (Å²) in [5.41, 5.74) is 1.63. The van der Waals surface area contributed by atoms with Crippen LogP contribution >= 0.6 is 0 Å². The zero-order chi connectivity index (χ0) is 11.5. The van der Waals surface area contributed by atoms with Crippen molar-refractivity contribution in [3.63, 3.8) is 0 Å². The molecular weight excluding hydrogens is 208 g/mol. The first-order valence-corrected chi connectivity index (χ1v) is 4.75. The van der Waals surface area contributed by atoms with E-state index in [0.717, 1.165) is 5.56 Å². The van der Waals surface area contributed by atoms with E-state index >= 15 is 0 Å². The maximum Gasteiger partial charge on any atom is 0.488 e. The molecule has 2 N–H and O–H groups in total. The summed E-state index contributed by atoms with van der Waals surface area (Å²) in [7, 11) is -1.49. The second-order valence-corrected chi connectivity index (χ2v) is 3.35. The lowest BCUT2D eigenvalue weighted by Gasteiger charge is -2.03. The van der Waals surface area contributed by atoms with Crippen LogP contribution in [0.25, 0.3) is 11.3 Å². The fourth-order valence-corrected chi connectivity index (χ4v) is 1.39. The quantitative estimate of drug-likeness (QED) is 0.723. The molecule has 2 rings (SSSR count). The molecule has 2 aromatic rings. The van der Waals surface area contributed by atoms with Gasteiger partial charge >= 0.3 is 7.12 Å². The third kappa shape index (κ3) is 2.26. The summed E-state index contributed by atoms with van der Waals surface area (Å²) in [5, 5.41) is 17.8. The van der Waals surface area contributed by atoms with E-state index in [1.165, 1.54) is 18.3 Å². The Kier molecular flexibility index (Phi) is 2.98. The van der Waals surface area contributed by atoms with E-state index in [1.54, 1.807) is 24.3 Å². The van der Waals surface area contributed by atoms with Gasteiger partial charge in [-0.05, 0) is 11.5 Å². The molecule has 0 aliphatic heterocycles. The molecule has 0 radical (unpaired) electrons. The maximum atomic E-state index is 12.9. The lowest BCUT2D eigenvalue weighted by atomic mass is 9.80. The summed E-state index contributed by atoms with van der Waals surface area (Å²) >= 11 is 0. The van der Waals surface area contributed by atoms with Gasteiger partial charge in [0.05, 0.1) is 5.69 Å². The minimum Gasteiger partial charge on any atom is -0.423 e.